The lowest BCUT2D eigenvalue weighted by Crippen LogP contribution is -2.04. The number of ketones is 1. The van der Waals surface area contributed by atoms with Gasteiger partial charge in [0, 0.05) is 11.6 Å². The van der Waals surface area contributed by atoms with Gasteiger partial charge in [-0.25, -0.2) is 0 Å². The highest BCUT2D eigenvalue weighted by molar-refractivity contribution is 6.10. The Morgan fingerprint density at radius 2 is 1.63 bits per heavy atom. The van der Waals surface area contributed by atoms with Gasteiger partial charge in [0.25, 0.3) is 0 Å². The fraction of sp³-hybridized carbons (Fsp3) is 0.188. The van der Waals surface area contributed by atoms with Crippen molar-refractivity contribution in [3.63, 3.8) is 0 Å². The van der Waals surface area contributed by atoms with Crippen molar-refractivity contribution in [2.45, 2.75) is 6.92 Å². The van der Waals surface area contributed by atoms with Crippen LogP contribution in [0, 0.1) is 6.92 Å². The highest BCUT2D eigenvalue weighted by Crippen LogP contribution is 2.26. The number of hydrogen-bond acceptors (Lipinski definition) is 3. The minimum Gasteiger partial charge on any atom is -0.497 e. The molecule has 0 heterocycles. The molecule has 0 spiro atoms. The summed E-state index contributed by atoms with van der Waals surface area (Å²) in [5.74, 6) is 1.13. The van der Waals surface area contributed by atoms with Crippen molar-refractivity contribution < 1.29 is 14.3 Å². The summed E-state index contributed by atoms with van der Waals surface area (Å²) in [6.07, 6.45) is 0. The Kier molecular flexibility index (Phi) is 3.85. The van der Waals surface area contributed by atoms with Gasteiger partial charge in [0.1, 0.15) is 11.5 Å². The van der Waals surface area contributed by atoms with E-state index in [4.69, 9.17) is 9.47 Å². The number of carbonyl (C=O) groups excluding carboxylic acids is 1. The molecule has 2 aromatic carbocycles. The first kappa shape index (κ1) is 13.1. The van der Waals surface area contributed by atoms with Crippen LogP contribution in [0.2, 0.25) is 0 Å². The van der Waals surface area contributed by atoms with E-state index in [1.807, 2.05) is 31.2 Å². The molecule has 0 aliphatic carbocycles. The molecule has 0 amide bonds. The van der Waals surface area contributed by atoms with Gasteiger partial charge in [-0.15, -0.1) is 0 Å². The number of benzene rings is 2. The number of hydrogen-bond donors (Lipinski definition) is 0. The molecule has 0 radical (unpaired) electrons. The molecule has 19 heavy (non-hydrogen) atoms. The van der Waals surface area contributed by atoms with Crippen LogP contribution in [0.15, 0.2) is 42.5 Å². The molecule has 0 aromatic heterocycles. The molecular formula is C16H16O3. The molecular weight excluding hydrogens is 240 g/mol. The van der Waals surface area contributed by atoms with Crippen LogP contribution in [-0.2, 0) is 0 Å². The number of rotatable bonds is 4. The van der Waals surface area contributed by atoms with Gasteiger partial charge >= 0.3 is 0 Å². The molecule has 0 atom stereocenters. The minimum absolute atomic E-state index is 0.0560. The summed E-state index contributed by atoms with van der Waals surface area (Å²) >= 11 is 0. The number of ether oxygens (including phenoxy) is 2. The Balaban J connectivity index is 2.40. The van der Waals surface area contributed by atoms with Crippen LogP contribution < -0.4 is 9.47 Å². The van der Waals surface area contributed by atoms with E-state index in [1.165, 1.54) is 0 Å². The van der Waals surface area contributed by atoms with Gasteiger partial charge in [-0.3, -0.25) is 4.79 Å². The van der Waals surface area contributed by atoms with Crippen LogP contribution in [0.4, 0.5) is 0 Å². The van der Waals surface area contributed by atoms with E-state index in [9.17, 15) is 4.79 Å². The second-order valence-corrected chi connectivity index (χ2v) is 4.26. The zero-order valence-electron chi connectivity index (χ0n) is 11.3. The second kappa shape index (κ2) is 5.57. The van der Waals surface area contributed by atoms with Gasteiger partial charge < -0.3 is 9.47 Å². The molecule has 3 nitrogen and oxygen atoms in total. The highest BCUT2D eigenvalue weighted by atomic mass is 16.5. The third-order valence-corrected chi connectivity index (χ3v) is 2.97. The molecule has 0 bridgehead atoms. The maximum absolute atomic E-state index is 12.4. The van der Waals surface area contributed by atoms with E-state index in [2.05, 4.69) is 0 Å². The van der Waals surface area contributed by atoms with Crippen molar-refractivity contribution in [2.24, 2.45) is 0 Å². The second-order valence-electron chi connectivity index (χ2n) is 4.26. The summed E-state index contributed by atoms with van der Waals surface area (Å²) < 4.78 is 10.4. The van der Waals surface area contributed by atoms with E-state index < -0.39 is 0 Å². The van der Waals surface area contributed by atoms with Gasteiger partial charge in [-0.05, 0) is 19.1 Å². The predicted octanol–water partition coefficient (Wildman–Crippen LogP) is 3.24. The van der Waals surface area contributed by atoms with Gasteiger partial charge in [0.05, 0.1) is 19.8 Å². The Bertz CT molecular complexity index is 585. The quantitative estimate of drug-likeness (QED) is 0.788. The molecule has 0 saturated heterocycles. The number of carbonyl (C=O) groups is 1. The predicted molar refractivity (Wildman–Crippen MR) is 74.2 cm³/mol. The summed E-state index contributed by atoms with van der Waals surface area (Å²) in [5.41, 5.74) is 2.31. The molecule has 0 saturated carbocycles. The van der Waals surface area contributed by atoms with Crippen molar-refractivity contribution in [3.8, 4) is 11.5 Å². The number of methoxy groups -OCH3 is 2. The van der Waals surface area contributed by atoms with Crippen LogP contribution in [-0.4, -0.2) is 20.0 Å². The van der Waals surface area contributed by atoms with Crippen molar-refractivity contribution in [1.82, 2.24) is 0 Å². The molecule has 98 valence electrons. The maximum Gasteiger partial charge on any atom is 0.196 e. The third kappa shape index (κ3) is 2.76. The molecule has 0 N–H and O–H groups in total. The van der Waals surface area contributed by atoms with E-state index in [0.717, 1.165) is 5.56 Å². The van der Waals surface area contributed by atoms with Crippen LogP contribution in [0.5, 0.6) is 11.5 Å². The largest absolute Gasteiger partial charge is 0.497 e. The summed E-state index contributed by atoms with van der Waals surface area (Å²) in [5, 5.41) is 0. The maximum atomic E-state index is 12.4. The minimum atomic E-state index is -0.0560. The molecule has 0 aliphatic heterocycles. The topological polar surface area (TPSA) is 35.5 Å². The Hall–Kier alpha value is -2.29. The fourth-order valence-corrected chi connectivity index (χ4v) is 1.85. The van der Waals surface area contributed by atoms with E-state index in [1.54, 1.807) is 32.4 Å². The van der Waals surface area contributed by atoms with Crippen LogP contribution in [0.1, 0.15) is 21.5 Å². The van der Waals surface area contributed by atoms with Crippen molar-refractivity contribution >= 4 is 5.78 Å². The van der Waals surface area contributed by atoms with Crippen LogP contribution in [0.25, 0.3) is 0 Å². The summed E-state index contributed by atoms with van der Waals surface area (Å²) in [6, 6.07) is 12.7. The molecule has 0 aliphatic rings. The highest BCUT2D eigenvalue weighted by Gasteiger charge is 2.15. The van der Waals surface area contributed by atoms with Gasteiger partial charge in [0.15, 0.2) is 5.78 Å². The molecule has 0 fully saturated rings. The molecule has 0 unspecified atom stereocenters. The zero-order valence-corrected chi connectivity index (χ0v) is 11.3. The summed E-state index contributed by atoms with van der Waals surface area (Å²) in [4.78, 5) is 12.4. The van der Waals surface area contributed by atoms with Gasteiger partial charge in [-0.2, -0.15) is 0 Å². The van der Waals surface area contributed by atoms with E-state index in [0.29, 0.717) is 22.6 Å². The third-order valence-electron chi connectivity index (χ3n) is 2.97. The smallest absolute Gasteiger partial charge is 0.196 e. The zero-order chi connectivity index (χ0) is 13.8. The normalized spacial score (nSPS) is 10.1. The van der Waals surface area contributed by atoms with Gasteiger partial charge in [0.2, 0.25) is 0 Å². The molecule has 2 aromatic rings. The van der Waals surface area contributed by atoms with Crippen molar-refractivity contribution in [2.75, 3.05) is 14.2 Å². The van der Waals surface area contributed by atoms with Crippen molar-refractivity contribution in [3.05, 3.63) is 59.2 Å². The average Bonchev–Trinajstić information content (AvgIpc) is 2.46. The first-order chi connectivity index (χ1) is 9.15. The van der Waals surface area contributed by atoms with Crippen molar-refractivity contribution in [1.29, 1.82) is 0 Å². The molecule has 2 rings (SSSR count). The lowest BCUT2D eigenvalue weighted by atomic mass is 10.0. The van der Waals surface area contributed by atoms with E-state index in [-0.39, 0.29) is 5.78 Å². The van der Waals surface area contributed by atoms with E-state index >= 15 is 0 Å². The SMILES string of the molecule is COc1ccc(C(=O)c2ccc(C)cc2)c(OC)c1. The Labute approximate surface area is 112 Å². The fourth-order valence-electron chi connectivity index (χ4n) is 1.85. The first-order valence-electron chi connectivity index (χ1n) is 5.99. The van der Waals surface area contributed by atoms with Crippen LogP contribution >= 0.6 is 0 Å². The lowest BCUT2D eigenvalue weighted by molar-refractivity contribution is 0.103. The summed E-state index contributed by atoms with van der Waals surface area (Å²) in [6.45, 7) is 1.99. The first-order valence-corrected chi connectivity index (χ1v) is 5.99. The number of aryl methyl sites for hydroxylation is 1. The lowest BCUT2D eigenvalue weighted by Gasteiger charge is -2.09. The van der Waals surface area contributed by atoms with Crippen LogP contribution in [0.3, 0.4) is 0 Å². The Morgan fingerprint density at radius 3 is 2.21 bits per heavy atom. The average molecular weight is 256 g/mol. The standard InChI is InChI=1S/C16H16O3/c1-11-4-6-12(7-5-11)16(17)14-9-8-13(18-2)10-15(14)19-3/h4-10H,1-3H3. The molecule has 3 heteroatoms. The monoisotopic (exact) mass is 256 g/mol. The Morgan fingerprint density at radius 1 is 0.947 bits per heavy atom. The summed E-state index contributed by atoms with van der Waals surface area (Å²) in [7, 11) is 3.12. The van der Waals surface area contributed by atoms with Gasteiger partial charge in [-0.1, -0.05) is 29.8 Å².